The number of aryl methyl sites for hydroxylation is 1. The van der Waals surface area contributed by atoms with Gasteiger partial charge in [0.25, 0.3) is 0 Å². The summed E-state index contributed by atoms with van der Waals surface area (Å²) >= 11 is 0. The van der Waals surface area contributed by atoms with E-state index in [9.17, 15) is 0 Å². The maximum absolute atomic E-state index is 4.61. The molecule has 1 aliphatic rings. The van der Waals surface area contributed by atoms with Gasteiger partial charge in [0.2, 0.25) is 0 Å². The molecule has 1 nitrogen and oxygen atoms in total. The van der Waals surface area contributed by atoms with Crippen molar-refractivity contribution < 1.29 is 0 Å². The molecule has 0 saturated carbocycles. The summed E-state index contributed by atoms with van der Waals surface area (Å²) in [7, 11) is 0. The normalized spacial score (nSPS) is 24.9. The summed E-state index contributed by atoms with van der Waals surface area (Å²) in [6.45, 7) is 4.37. The average Bonchev–Trinajstić information content (AvgIpc) is 2.39. The average molecular weight is 239 g/mol. The molecule has 0 radical (unpaired) electrons. The monoisotopic (exact) mass is 239 g/mol. The van der Waals surface area contributed by atoms with E-state index in [4.69, 9.17) is 0 Å². The topological polar surface area (TPSA) is 12.4 Å². The number of allylic oxidation sites excluding steroid dienone is 3. The van der Waals surface area contributed by atoms with Crippen molar-refractivity contribution in [2.24, 2.45) is 4.99 Å². The number of nitrogens with zero attached hydrogens (tertiary/aromatic N) is 1. The smallest absolute Gasteiger partial charge is 0.0406 e. The summed E-state index contributed by atoms with van der Waals surface area (Å²) in [5.41, 5.74) is 5.40. The van der Waals surface area contributed by atoms with Crippen molar-refractivity contribution in [1.29, 1.82) is 0 Å². The minimum absolute atomic E-state index is 1.02. The highest BCUT2D eigenvalue weighted by atomic mass is 14.7. The standard InChI is InChI=1S/C17H21N/c1-14-8-9-15(2)13-18-17(12-14)11-10-16-6-4-3-5-7-16/h3-7,12-13H,8-11H2,1-2H3/b14-12-,15-13-,18-17+. The Morgan fingerprint density at radius 2 is 1.67 bits per heavy atom. The second-order valence-electron chi connectivity index (χ2n) is 5.07. The van der Waals surface area contributed by atoms with E-state index in [-0.39, 0.29) is 0 Å². The van der Waals surface area contributed by atoms with Crippen molar-refractivity contribution in [2.45, 2.75) is 39.5 Å². The minimum Gasteiger partial charge on any atom is -0.261 e. The van der Waals surface area contributed by atoms with Crippen LogP contribution in [0.15, 0.2) is 58.7 Å². The van der Waals surface area contributed by atoms with Crippen molar-refractivity contribution in [1.82, 2.24) is 0 Å². The van der Waals surface area contributed by atoms with E-state index in [2.05, 4.69) is 55.2 Å². The minimum atomic E-state index is 1.02. The van der Waals surface area contributed by atoms with Crippen LogP contribution < -0.4 is 0 Å². The fourth-order valence-electron chi connectivity index (χ4n) is 2.10. The summed E-state index contributed by atoms with van der Waals surface area (Å²) in [4.78, 5) is 4.61. The zero-order chi connectivity index (χ0) is 12.8. The number of hydrogen-bond acceptors (Lipinski definition) is 1. The van der Waals surface area contributed by atoms with Crippen LogP contribution in [-0.2, 0) is 6.42 Å². The Balaban J connectivity index is 2.04. The number of benzene rings is 1. The molecule has 1 aliphatic heterocycles. The Kier molecular flexibility index (Phi) is 4.52. The highest BCUT2D eigenvalue weighted by Crippen LogP contribution is 2.15. The van der Waals surface area contributed by atoms with Crippen LogP contribution >= 0.6 is 0 Å². The second-order valence-corrected chi connectivity index (χ2v) is 5.07. The first-order chi connectivity index (χ1) is 8.74. The van der Waals surface area contributed by atoms with Crippen LogP contribution in [0.3, 0.4) is 0 Å². The van der Waals surface area contributed by atoms with Gasteiger partial charge in [-0.1, -0.05) is 41.5 Å². The van der Waals surface area contributed by atoms with E-state index in [1.807, 2.05) is 6.20 Å². The Hall–Kier alpha value is -1.63. The SMILES string of the molecule is C/C1=C/N=C(CCc2ccccc2)/C=C(/C)CC1. The van der Waals surface area contributed by atoms with Gasteiger partial charge in [0.05, 0.1) is 0 Å². The largest absolute Gasteiger partial charge is 0.261 e. The van der Waals surface area contributed by atoms with Crippen molar-refractivity contribution in [3.8, 4) is 0 Å². The molecule has 0 saturated heterocycles. The molecule has 94 valence electrons. The molecule has 1 heterocycles. The van der Waals surface area contributed by atoms with Gasteiger partial charge in [-0.15, -0.1) is 0 Å². The first-order valence-electron chi connectivity index (χ1n) is 6.67. The molecule has 0 N–H and O–H groups in total. The fraction of sp³-hybridized carbons (Fsp3) is 0.353. The van der Waals surface area contributed by atoms with E-state index in [0.717, 1.165) is 25.7 Å². The van der Waals surface area contributed by atoms with Crippen molar-refractivity contribution in [2.75, 3.05) is 0 Å². The predicted molar refractivity (Wildman–Crippen MR) is 78.9 cm³/mol. The molecule has 0 amide bonds. The molecule has 2 rings (SSSR count). The molecular formula is C17H21N. The van der Waals surface area contributed by atoms with E-state index in [0.29, 0.717) is 0 Å². The molecule has 1 aromatic carbocycles. The van der Waals surface area contributed by atoms with Gasteiger partial charge in [0, 0.05) is 11.9 Å². The van der Waals surface area contributed by atoms with Crippen molar-refractivity contribution >= 4 is 5.71 Å². The molecule has 0 unspecified atom stereocenters. The van der Waals surface area contributed by atoms with Crippen molar-refractivity contribution in [3.05, 3.63) is 59.3 Å². The van der Waals surface area contributed by atoms with Crippen LogP contribution in [0, 0.1) is 0 Å². The summed E-state index contributed by atoms with van der Waals surface area (Å²) in [5.74, 6) is 0. The quantitative estimate of drug-likeness (QED) is 0.724. The van der Waals surface area contributed by atoms with Crippen LogP contribution in [0.5, 0.6) is 0 Å². The van der Waals surface area contributed by atoms with Crippen LogP contribution in [-0.4, -0.2) is 5.71 Å². The molecule has 0 aliphatic carbocycles. The second kappa shape index (κ2) is 6.34. The third-order valence-electron chi connectivity index (χ3n) is 3.29. The molecular weight excluding hydrogens is 218 g/mol. The lowest BCUT2D eigenvalue weighted by Gasteiger charge is -2.08. The Morgan fingerprint density at radius 1 is 0.944 bits per heavy atom. The van der Waals surface area contributed by atoms with Gasteiger partial charge < -0.3 is 0 Å². The first-order valence-corrected chi connectivity index (χ1v) is 6.67. The van der Waals surface area contributed by atoms with Gasteiger partial charge in [-0.3, -0.25) is 4.99 Å². The van der Waals surface area contributed by atoms with E-state index in [1.165, 1.54) is 22.4 Å². The zero-order valence-electron chi connectivity index (χ0n) is 11.3. The van der Waals surface area contributed by atoms with Crippen LogP contribution in [0.4, 0.5) is 0 Å². The van der Waals surface area contributed by atoms with Crippen molar-refractivity contribution in [3.63, 3.8) is 0 Å². The molecule has 1 heteroatoms. The lowest BCUT2D eigenvalue weighted by atomic mass is 10.0. The van der Waals surface area contributed by atoms with Gasteiger partial charge in [0.1, 0.15) is 0 Å². The molecule has 0 bridgehead atoms. The molecule has 18 heavy (non-hydrogen) atoms. The summed E-state index contributed by atoms with van der Waals surface area (Å²) < 4.78 is 0. The molecule has 1 aromatic rings. The Morgan fingerprint density at radius 3 is 2.44 bits per heavy atom. The molecule has 0 spiro atoms. The highest BCUT2D eigenvalue weighted by molar-refractivity contribution is 5.96. The predicted octanol–water partition coefficient (Wildman–Crippen LogP) is 4.70. The van der Waals surface area contributed by atoms with Crippen LogP contribution in [0.1, 0.15) is 38.7 Å². The summed E-state index contributed by atoms with van der Waals surface area (Å²) in [5, 5.41) is 0. The summed E-state index contributed by atoms with van der Waals surface area (Å²) in [6, 6.07) is 10.6. The van der Waals surface area contributed by atoms with Gasteiger partial charge in [-0.2, -0.15) is 0 Å². The maximum Gasteiger partial charge on any atom is 0.0406 e. The Bertz CT molecular complexity index is 478. The maximum atomic E-state index is 4.61. The van der Waals surface area contributed by atoms with E-state index < -0.39 is 0 Å². The first kappa shape index (κ1) is 12.8. The molecule has 0 fully saturated rings. The summed E-state index contributed by atoms with van der Waals surface area (Å²) in [6.07, 6.45) is 8.67. The number of hydrogen-bond donors (Lipinski definition) is 0. The van der Waals surface area contributed by atoms with E-state index in [1.54, 1.807) is 0 Å². The van der Waals surface area contributed by atoms with E-state index >= 15 is 0 Å². The lowest BCUT2D eigenvalue weighted by Crippen LogP contribution is -2.00. The molecule has 0 atom stereocenters. The van der Waals surface area contributed by atoms with Crippen LogP contribution in [0.2, 0.25) is 0 Å². The van der Waals surface area contributed by atoms with Gasteiger partial charge in [-0.05, 0) is 51.2 Å². The van der Waals surface area contributed by atoms with Gasteiger partial charge in [0.15, 0.2) is 0 Å². The number of aliphatic imine (C=N–C) groups is 1. The molecule has 0 aromatic heterocycles. The zero-order valence-corrected chi connectivity index (χ0v) is 11.3. The van der Waals surface area contributed by atoms with Gasteiger partial charge in [-0.25, -0.2) is 0 Å². The Labute approximate surface area is 110 Å². The third kappa shape index (κ3) is 3.99. The number of rotatable bonds is 3. The fourth-order valence-corrected chi connectivity index (χ4v) is 2.10. The lowest BCUT2D eigenvalue weighted by molar-refractivity contribution is 0.913. The van der Waals surface area contributed by atoms with Gasteiger partial charge >= 0.3 is 0 Å². The van der Waals surface area contributed by atoms with Crippen LogP contribution in [0.25, 0.3) is 0 Å². The third-order valence-corrected chi connectivity index (χ3v) is 3.29. The highest BCUT2D eigenvalue weighted by Gasteiger charge is 2.02.